The van der Waals surface area contributed by atoms with E-state index in [2.05, 4.69) is 31.1 Å². The fraction of sp³-hybridized carbons (Fsp3) is 0.310. The summed E-state index contributed by atoms with van der Waals surface area (Å²) in [5, 5.41) is 15.1. The zero-order valence-electron chi connectivity index (χ0n) is 21.8. The van der Waals surface area contributed by atoms with Crippen LogP contribution in [0.25, 0.3) is 11.3 Å². The molecule has 5 rings (SSSR count). The van der Waals surface area contributed by atoms with Gasteiger partial charge in [0, 0.05) is 22.6 Å². The number of hydrogen-bond donors (Lipinski definition) is 1. The molecular formula is C29H28ClN3O5S. The van der Waals surface area contributed by atoms with Crippen molar-refractivity contribution in [2.75, 3.05) is 0 Å². The molecule has 1 aliphatic carbocycles. The quantitative estimate of drug-likeness (QED) is 0.139. The van der Waals surface area contributed by atoms with Crippen LogP contribution in [0.1, 0.15) is 59.5 Å². The first kappa shape index (κ1) is 26.9. The maximum Gasteiger partial charge on any atom is 0.270 e. The Morgan fingerprint density at radius 1 is 1.28 bits per heavy atom. The molecule has 0 bridgehead atoms. The van der Waals surface area contributed by atoms with Gasteiger partial charge in [0.1, 0.15) is 22.3 Å². The highest BCUT2D eigenvalue weighted by Crippen LogP contribution is 2.45. The molecule has 0 spiro atoms. The van der Waals surface area contributed by atoms with Crippen LogP contribution in [0.5, 0.6) is 0 Å². The average Bonchev–Trinajstić information content (AvgIpc) is 3.65. The zero-order chi connectivity index (χ0) is 27.7. The highest BCUT2D eigenvalue weighted by Gasteiger charge is 2.33. The van der Waals surface area contributed by atoms with Gasteiger partial charge in [0.15, 0.2) is 0 Å². The predicted octanol–water partition coefficient (Wildman–Crippen LogP) is 7.99. The summed E-state index contributed by atoms with van der Waals surface area (Å²) in [5.74, 6) is 1.84. The van der Waals surface area contributed by atoms with Crippen molar-refractivity contribution in [1.29, 1.82) is 0 Å². The second-order valence-electron chi connectivity index (χ2n) is 10.6. The zero-order valence-corrected chi connectivity index (χ0v) is 23.4. The summed E-state index contributed by atoms with van der Waals surface area (Å²) in [6, 6.07) is 11.2. The Bertz CT molecular complexity index is 1550. The molecule has 0 unspecified atom stereocenters. The highest BCUT2D eigenvalue weighted by molar-refractivity contribution is 7.16. The van der Waals surface area contributed by atoms with Gasteiger partial charge in [-0.25, -0.2) is 4.99 Å². The van der Waals surface area contributed by atoms with Gasteiger partial charge >= 0.3 is 0 Å². The van der Waals surface area contributed by atoms with Crippen LogP contribution < -0.4 is 5.32 Å². The van der Waals surface area contributed by atoms with E-state index in [1.165, 1.54) is 23.1 Å². The number of nitrogens with one attached hydrogen (secondary N) is 1. The first-order valence-electron chi connectivity index (χ1n) is 12.6. The van der Waals surface area contributed by atoms with Crippen LogP contribution in [0.2, 0.25) is 5.02 Å². The van der Waals surface area contributed by atoms with Crippen LogP contribution >= 0.6 is 22.9 Å². The smallest absolute Gasteiger partial charge is 0.270 e. The van der Waals surface area contributed by atoms with E-state index in [1.807, 2.05) is 6.07 Å². The summed E-state index contributed by atoms with van der Waals surface area (Å²) in [4.78, 5) is 30.0. The normalized spacial score (nSPS) is 15.4. The molecule has 0 aliphatic heterocycles. The molecule has 1 amide bonds. The van der Waals surface area contributed by atoms with Crippen molar-refractivity contribution in [2.45, 2.75) is 46.6 Å². The molecule has 1 aliphatic rings. The van der Waals surface area contributed by atoms with Crippen molar-refractivity contribution in [1.82, 2.24) is 5.32 Å². The molecule has 202 valence electrons. The van der Waals surface area contributed by atoms with Crippen LogP contribution in [-0.2, 0) is 19.4 Å². The third kappa shape index (κ3) is 5.84. The van der Waals surface area contributed by atoms with E-state index in [0.29, 0.717) is 44.3 Å². The number of furan rings is 2. The first-order valence-corrected chi connectivity index (χ1v) is 13.8. The van der Waals surface area contributed by atoms with Gasteiger partial charge in [-0.1, -0.05) is 32.4 Å². The Morgan fingerprint density at radius 3 is 2.82 bits per heavy atom. The van der Waals surface area contributed by atoms with E-state index in [9.17, 15) is 14.9 Å². The van der Waals surface area contributed by atoms with Crippen molar-refractivity contribution in [3.8, 4) is 11.3 Å². The fourth-order valence-corrected chi connectivity index (χ4v) is 6.29. The number of fused-ring (bicyclic) bond motifs is 1. The van der Waals surface area contributed by atoms with E-state index in [0.717, 1.165) is 24.8 Å². The van der Waals surface area contributed by atoms with E-state index in [-0.39, 0.29) is 23.6 Å². The third-order valence-electron chi connectivity index (χ3n) is 7.06. The molecule has 0 radical (unpaired) electrons. The average molecular weight is 566 g/mol. The predicted molar refractivity (Wildman–Crippen MR) is 152 cm³/mol. The Labute approximate surface area is 234 Å². The minimum absolute atomic E-state index is 0.0797. The number of nitrogens with zero attached hydrogens (tertiary/aromatic N) is 2. The van der Waals surface area contributed by atoms with Gasteiger partial charge in [0.2, 0.25) is 0 Å². The van der Waals surface area contributed by atoms with Crippen molar-refractivity contribution < 1.29 is 18.6 Å². The molecule has 3 aromatic heterocycles. The number of thiophene rings is 1. The summed E-state index contributed by atoms with van der Waals surface area (Å²) < 4.78 is 11.3. The summed E-state index contributed by atoms with van der Waals surface area (Å²) in [7, 11) is 0. The van der Waals surface area contributed by atoms with Gasteiger partial charge in [-0.05, 0) is 66.5 Å². The van der Waals surface area contributed by atoms with E-state index in [4.69, 9.17) is 20.4 Å². The number of hydrogen-bond acceptors (Lipinski definition) is 7. The molecule has 4 aromatic rings. The number of amides is 1. The van der Waals surface area contributed by atoms with E-state index in [1.54, 1.807) is 42.0 Å². The molecule has 0 fully saturated rings. The van der Waals surface area contributed by atoms with Crippen LogP contribution in [0.15, 0.2) is 62.6 Å². The molecule has 0 saturated heterocycles. The van der Waals surface area contributed by atoms with E-state index < -0.39 is 4.92 Å². The molecule has 39 heavy (non-hydrogen) atoms. The minimum Gasteiger partial charge on any atom is -0.467 e. The van der Waals surface area contributed by atoms with Gasteiger partial charge in [-0.2, -0.15) is 0 Å². The Balaban J connectivity index is 1.44. The number of rotatable bonds is 7. The van der Waals surface area contributed by atoms with Gasteiger partial charge in [-0.3, -0.25) is 14.9 Å². The number of benzene rings is 1. The van der Waals surface area contributed by atoms with Crippen molar-refractivity contribution in [2.24, 2.45) is 16.3 Å². The van der Waals surface area contributed by atoms with Crippen LogP contribution in [0.4, 0.5) is 10.7 Å². The fourth-order valence-electron chi connectivity index (χ4n) is 4.81. The Hall–Kier alpha value is -3.69. The van der Waals surface area contributed by atoms with Crippen LogP contribution in [0.3, 0.4) is 0 Å². The topological polar surface area (TPSA) is 111 Å². The number of carbonyl (C=O) groups excluding carboxylic acids is 1. The van der Waals surface area contributed by atoms with E-state index >= 15 is 0 Å². The molecule has 10 heteroatoms. The standard InChI is InChI=1S/C29H28ClN3O5S/c1-29(2,3)17-6-9-21-25(13-17)39-28(26(21)27(34)31-15-19-5-4-12-37-19)32-16-20-8-11-24(38-20)22-14-18(33(35)36)7-10-23(22)30/h4-5,7-8,10-12,14,16-17H,6,9,13,15H2,1-3H3,(H,31,34)/t17-/m1/s1. The summed E-state index contributed by atoms with van der Waals surface area (Å²) >= 11 is 7.82. The highest BCUT2D eigenvalue weighted by atomic mass is 35.5. The molecule has 1 aromatic carbocycles. The van der Waals surface area contributed by atoms with Gasteiger partial charge in [0.25, 0.3) is 11.6 Å². The Kier molecular flexibility index (Phi) is 7.46. The number of nitro benzene ring substituents is 1. The maximum absolute atomic E-state index is 13.4. The van der Waals surface area contributed by atoms with Crippen LogP contribution in [0, 0.1) is 21.4 Å². The second-order valence-corrected chi connectivity index (χ2v) is 12.1. The molecule has 8 nitrogen and oxygen atoms in total. The molecule has 0 saturated carbocycles. The van der Waals surface area contributed by atoms with Crippen molar-refractivity contribution in [3.05, 3.63) is 91.4 Å². The Morgan fingerprint density at radius 2 is 2.10 bits per heavy atom. The number of nitro groups is 1. The summed E-state index contributed by atoms with van der Waals surface area (Å²) in [5.41, 5.74) is 2.17. The maximum atomic E-state index is 13.4. The monoisotopic (exact) mass is 565 g/mol. The van der Waals surface area contributed by atoms with Gasteiger partial charge in [-0.15, -0.1) is 11.3 Å². The summed E-state index contributed by atoms with van der Waals surface area (Å²) in [6.07, 6.45) is 5.89. The minimum atomic E-state index is -0.480. The third-order valence-corrected chi connectivity index (χ3v) is 8.56. The molecule has 3 heterocycles. The number of carbonyl (C=O) groups is 1. The van der Waals surface area contributed by atoms with Gasteiger partial charge in [0.05, 0.1) is 34.5 Å². The summed E-state index contributed by atoms with van der Waals surface area (Å²) in [6.45, 7) is 7.06. The van der Waals surface area contributed by atoms with Gasteiger partial charge < -0.3 is 14.2 Å². The molecular weight excluding hydrogens is 538 g/mol. The lowest BCUT2D eigenvalue weighted by atomic mass is 9.72. The first-order chi connectivity index (χ1) is 18.6. The number of non-ortho nitro benzene ring substituents is 1. The largest absolute Gasteiger partial charge is 0.467 e. The molecule has 1 N–H and O–H groups in total. The van der Waals surface area contributed by atoms with Crippen molar-refractivity contribution in [3.63, 3.8) is 0 Å². The number of aliphatic imine (C=N–C) groups is 1. The lowest BCUT2D eigenvalue weighted by Crippen LogP contribution is -2.28. The van der Waals surface area contributed by atoms with Crippen LogP contribution in [-0.4, -0.2) is 17.0 Å². The number of halogens is 1. The second kappa shape index (κ2) is 10.8. The lowest BCUT2D eigenvalue weighted by molar-refractivity contribution is -0.384. The lowest BCUT2D eigenvalue weighted by Gasteiger charge is -2.33. The SMILES string of the molecule is CC(C)(C)[C@@H]1CCc2c(sc(N=Cc3ccc(-c4cc([N+](=O)[O-])ccc4Cl)o3)c2C(=O)NCc2ccco2)C1. The van der Waals surface area contributed by atoms with Crippen molar-refractivity contribution >= 4 is 45.7 Å². The molecule has 1 atom stereocenters.